The first-order chi connectivity index (χ1) is 8.88. The van der Waals surface area contributed by atoms with Gasteiger partial charge in [0, 0.05) is 20.1 Å². The topological polar surface area (TPSA) is 46.1 Å². The van der Waals surface area contributed by atoms with Crippen LogP contribution in [0.2, 0.25) is 20.1 Å². The largest absolute Gasteiger partial charge is 1.00 e. The van der Waals surface area contributed by atoms with Gasteiger partial charge in [-0.05, 0) is 41.8 Å². The van der Waals surface area contributed by atoms with E-state index in [1.807, 2.05) is 0 Å². The van der Waals surface area contributed by atoms with E-state index in [4.69, 9.17) is 46.4 Å². The fourth-order valence-electron chi connectivity index (χ4n) is 1.70. The van der Waals surface area contributed by atoms with Crippen LogP contribution in [0.25, 0.3) is 0 Å². The van der Waals surface area contributed by atoms with Crippen LogP contribution in [0.4, 0.5) is 0 Å². The second-order valence-electron chi connectivity index (χ2n) is 3.93. The quantitative estimate of drug-likeness (QED) is 0.567. The molecule has 0 spiro atoms. The molecule has 0 amide bonds. The zero-order valence-corrected chi connectivity index (χ0v) is 18.4. The van der Waals surface area contributed by atoms with Crippen molar-refractivity contribution in [2.75, 3.05) is 0 Å². The van der Waals surface area contributed by atoms with Gasteiger partial charge >= 0.3 is 59.1 Å². The van der Waals surface area contributed by atoms with Gasteiger partial charge in [-0.25, -0.2) is 0 Å². The first kappa shape index (κ1) is 22.2. The number of hydrogen-bond donors (Lipinski definition) is 0. The fraction of sp³-hybridized carbons (Fsp3) is 0.0769. The van der Waals surface area contributed by atoms with Crippen molar-refractivity contribution in [1.82, 2.24) is 0 Å². The Morgan fingerprint density at radius 2 is 1.00 bits per heavy atom. The zero-order valence-electron chi connectivity index (χ0n) is 11.3. The summed E-state index contributed by atoms with van der Waals surface area (Å²) in [4.78, 5) is 0. The van der Waals surface area contributed by atoms with E-state index in [0.29, 0.717) is 21.2 Å². The van der Waals surface area contributed by atoms with Crippen molar-refractivity contribution in [2.24, 2.45) is 0 Å². The Bertz CT molecular complexity index is 595. The molecule has 100 valence electrons. The average Bonchev–Trinajstić information content (AvgIpc) is 2.31. The average molecular weight is 382 g/mol. The van der Waals surface area contributed by atoms with Crippen LogP contribution in [0.15, 0.2) is 24.3 Å². The molecule has 0 saturated heterocycles. The monoisotopic (exact) mass is 380 g/mol. The summed E-state index contributed by atoms with van der Waals surface area (Å²) in [6.45, 7) is 0. The van der Waals surface area contributed by atoms with Crippen LogP contribution in [0.3, 0.4) is 0 Å². The van der Waals surface area contributed by atoms with E-state index in [1.54, 1.807) is 0 Å². The van der Waals surface area contributed by atoms with E-state index in [2.05, 4.69) is 0 Å². The van der Waals surface area contributed by atoms with Crippen LogP contribution in [-0.4, -0.2) is 0 Å². The van der Waals surface area contributed by atoms with Gasteiger partial charge in [0.15, 0.2) is 0 Å². The molecule has 2 aromatic rings. The molecule has 0 N–H and O–H groups in total. The van der Waals surface area contributed by atoms with E-state index in [0.717, 1.165) is 0 Å². The molecule has 0 unspecified atom stereocenters. The number of hydrogen-bond acceptors (Lipinski definition) is 2. The van der Waals surface area contributed by atoms with Crippen LogP contribution in [-0.2, 0) is 6.42 Å². The molecule has 0 radical (unpaired) electrons. The number of benzene rings is 2. The van der Waals surface area contributed by atoms with Crippen LogP contribution >= 0.6 is 46.4 Å². The van der Waals surface area contributed by atoms with Crippen LogP contribution in [0.5, 0.6) is 11.5 Å². The third-order valence-electron chi connectivity index (χ3n) is 2.55. The molecule has 0 saturated carbocycles. The number of rotatable bonds is 2. The Kier molecular flexibility index (Phi) is 10.0. The summed E-state index contributed by atoms with van der Waals surface area (Å²) >= 11 is 23.2. The minimum absolute atomic E-state index is 0. The van der Waals surface area contributed by atoms with Crippen molar-refractivity contribution >= 4 is 46.4 Å². The van der Waals surface area contributed by atoms with Gasteiger partial charge < -0.3 is 10.2 Å². The van der Waals surface area contributed by atoms with Crippen molar-refractivity contribution in [3.63, 3.8) is 0 Å². The third kappa shape index (κ3) is 5.65. The van der Waals surface area contributed by atoms with Crippen molar-refractivity contribution in [1.29, 1.82) is 0 Å². The SMILES string of the molecule is [Na+].[Na+].[O-]c1c(Cl)cc(Cl)cc1Cc1cc(Cl)cc(Cl)c1[O-]. The molecule has 0 heterocycles. The Hall–Kier alpha value is 1.20. The van der Waals surface area contributed by atoms with Crippen LogP contribution in [0.1, 0.15) is 11.1 Å². The number of halogens is 4. The normalized spacial score (nSPS) is 9.71. The summed E-state index contributed by atoms with van der Waals surface area (Å²) in [6.07, 6.45) is 0.0816. The molecule has 0 atom stereocenters. The summed E-state index contributed by atoms with van der Waals surface area (Å²) in [7, 11) is 0. The maximum atomic E-state index is 11.8. The third-order valence-corrected chi connectivity index (χ3v) is 3.55. The minimum atomic E-state index is -0.360. The maximum Gasteiger partial charge on any atom is 1.00 e. The van der Waals surface area contributed by atoms with Crippen molar-refractivity contribution < 1.29 is 69.3 Å². The van der Waals surface area contributed by atoms with Gasteiger partial charge in [0.05, 0.1) is 0 Å². The molecule has 0 aliphatic rings. The van der Waals surface area contributed by atoms with Gasteiger partial charge in [-0.1, -0.05) is 57.9 Å². The Balaban J connectivity index is 0.00000200. The van der Waals surface area contributed by atoms with Crippen molar-refractivity contribution in [3.05, 3.63) is 55.5 Å². The molecule has 2 nitrogen and oxygen atoms in total. The summed E-state index contributed by atoms with van der Waals surface area (Å²) in [5, 5.41) is 24.4. The summed E-state index contributed by atoms with van der Waals surface area (Å²) < 4.78 is 0. The van der Waals surface area contributed by atoms with Crippen LogP contribution in [0, 0.1) is 0 Å². The molecule has 2 aromatic carbocycles. The molecule has 2 rings (SSSR count). The van der Waals surface area contributed by atoms with Gasteiger partial charge in [-0.2, -0.15) is 0 Å². The molecule has 21 heavy (non-hydrogen) atoms. The van der Waals surface area contributed by atoms with Gasteiger partial charge in [-0.15, -0.1) is 0 Å². The molecular formula is C13H6Cl4Na2O2. The van der Waals surface area contributed by atoms with Gasteiger partial charge in [0.25, 0.3) is 0 Å². The molecule has 8 heteroatoms. The van der Waals surface area contributed by atoms with E-state index in [9.17, 15) is 10.2 Å². The van der Waals surface area contributed by atoms with E-state index in [-0.39, 0.29) is 87.1 Å². The molecule has 0 aliphatic carbocycles. The minimum Gasteiger partial charge on any atom is -0.871 e. The maximum absolute atomic E-state index is 11.8. The summed E-state index contributed by atoms with van der Waals surface area (Å²) in [5.74, 6) is -0.719. The van der Waals surface area contributed by atoms with E-state index < -0.39 is 0 Å². The smallest absolute Gasteiger partial charge is 0.871 e. The van der Waals surface area contributed by atoms with Crippen molar-refractivity contribution in [3.8, 4) is 11.5 Å². The molecule has 0 aliphatic heterocycles. The Labute approximate surface area is 186 Å². The first-order valence-corrected chi connectivity index (χ1v) is 6.69. The van der Waals surface area contributed by atoms with Crippen LogP contribution < -0.4 is 69.3 Å². The first-order valence-electron chi connectivity index (χ1n) is 5.18. The molecule has 0 bridgehead atoms. The summed E-state index contributed by atoms with van der Waals surface area (Å²) in [5.41, 5.74) is 0.654. The molecular weight excluding hydrogens is 376 g/mol. The Morgan fingerprint density at radius 1 is 0.667 bits per heavy atom. The predicted octanol–water partition coefficient (Wildman–Crippen LogP) is -1.95. The zero-order chi connectivity index (χ0) is 14.2. The molecule has 0 aromatic heterocycles. The van der Waals surface area contributed by atoms with Crippen molar-refractivity contribution in [2.45, 2.75) is 6.42 Å². The Morgan fingerprint density at radius 3 is 1.33 bits per heavy atom. The standard InChI is InChI=1S/C13H8Cl4O2.2Na/c14-8-2-6(12(18)10(16)4-8)1-7-3-9(15)5-11(17)13(7)19;;/h2-5,18-19H,1H2;;/q;2*+1/p-2. The van der Waals surface area contributed by atoms with E-state index >= 15 is 0 Å². The summed E-state index contributed by atoms with van der Waals surface area (Å²) in [6, 6.07) is 5.67. The predicted molar refractivity (Wildman–Crippen MR) is 74.6 cm³/mol. The van der Waals surface area contributed by atoms with Gasteiger partial charge in [0.2, 0.25) is 0 Å². The van der Waals surface area contributed by atoms with E-state index in [1.165, 1.54) is 24.3 Å². The van der Waals surface area contributed by atoms with Gasteiger partial charge in [0.1, 0.15) is 0 Å². The second kappa shape index (κ2) is 9.48. The second-order valence-corrected chi connectivity index (χ2v) is 5.62. The fourth-order valence-corrected chi connectivity index (χ4v) is 2.77. The van der Waals surface area contributed by atoms with Gasteiger partial charge in [-0.3, -0.25) is 0 Å². The molecule has 0 fully saturated rings.